The summed E-state index contributed by atoms with van der Waals surface area (Å²) in [6, 6.07) is 9.17. The minimum atomic E-state index is 0.369. The number of rotatable bonds is 6. The van der Waals surface area contributed by atoms with Gasteiger partial charge in [0, 0.05) is 12.0 Å². The van der Waals surface area contributed by atoms with Gasteiger partial charge in [0.15, 0.2) is 0 Å². The van der Waals surface area contributed by atoms with E-state index in [1.165, 1.54) is 32.1 Å². The van der Waals surface area contributed by atoms with E-state index in [4.69, 9.17) is 0 Å². The van der Waals surface area contributed by atoms with E-state index in [0.717, 1.165) is 19.0 Å². The highest BCUT2D eigenvalue weighted by Crippen LogP contribution is 2.45. The highest BCUT2D eigenvalue weighted by molar-refractivity contribution is 5.38. The number of likely N-dealkylation sites (N-methyl/N-ethyl adjacent to an activating group) is 1. The Morgan fingerprint density at radius 3 is 2.58 bits per heavy atom. The van der Waals surface area contributed by atoms with Crippen LogP contribution in [0.4, 0.5) is 0 Å². The van der Waals surface area contributed by atoms with Crippen LogP contribution in [0.1, 0.15) is 57.6 Å². The average molecular weight is 259 g/mol. The quantitative estimate of drug-likeness (QED) is 0.803. The Labute approximate surface area is 118 Å². The van der Waals surface area contributed by atoms with Crippen molar-refractivity contribution in [3.05, 3.63) is 35.4 Å². The first-order valence-electron chi connectivity index (χ1n) is 8.07. The van der Waals surface area contributed by atoms with Crippen LogP contribution in [0, 0.1) is 5.92 Å². The van der Waals surface area contributed by atoms with Gasteiger partial charge in [0.2, 0.25) is 0 Å². The third kappa shape index (κ3) is 2.72. The molecule has 0 saturated heterocycles. The van der Waals surface area contributed by atoms with Gasteiger partial charge >= 0.3 is 0 Å². The topological polar surface area (TPSA) is 12.0 Å². The Hall–Kier alpha value is -0.820. The standard InChI is InChI=1S/C18H29N/c1-4-16(5-2)18(14-19-6-3)13-9-11-15-10-7-8-12-17(15)18/h7-8,10,12,16,19H,4-6,9,11,13-14H2,1-3H3. The Morgan fingerprint density at radius 1 is 1.16 bits per heavy atom. The second kappa shape index (κ2) is 6.56. The zero-order valence-corrected chi connectivity index (χ0v) is 12.8. The highest BCUT2D eigenvalue weighted by Gasteiger charge is 2.40. The van der Waals surface area contributed by atoms with Crippen LogP contribution in [-0.2, 0) is 11.8 Å². The summed E-state index contributed by atoms with van der Waals surface area (Å²) in [6.07, 6.45) is 6.54. The van der Waals surface area contributed by atoms with Gasteiger partial charge in [0.25, 0.3) is 0 Å². The van der Waals surface area contributed by atoms with Crippen LogP contribution in [0.2, 0.25) is 0 Å². The molecule has 0 aromatic heterocycles. The molecule has 0 spiro atoms. The van der Waals surface area contributed by atoms with Gasteiger partial charge in [-0.05, 0) is 42.9 Å². The summed E-state index contributed by atoms with van der Waals surface area (Å²) < 4.78 is 0. The molecule has 0 radical (unpaired) electrons. The molecule has 1 aromatic carbocycles. The van der Waals surface area contributed by atoms with E-state index in [-0.39, 0.29) is 0 Å². The smallest absolute Gasteiger partial charge is 0.0109 e. The van der Waals surface area contributed by atoms with Crippen LogP contribution in [0.25, 0.3) is 0 Å². The van der Waals surface area contributed by atoms with Crippen molar-refractivity contribution in [3.8, 4) is 0 Å². The summed E-state index contributed by atoms with van der Waals surface area (Å²) in [4.78, 5) is 0. The number of hydrogen-bond donors (Lipinski definition) is 1. The van der Waals surface area contributed by atoms with E-state index >= 15 is 0 Å². The Bertz CT molecular complexity index is 394. The van der Waals surface area contributed by atoms with E-state index in [0.29, 0.717) is 5.41 Å². The molecular formula is C18H29N. The normalized spacial score (nSPS) is 22.5. The first kappa shape index (κ1) is 14.6. The predicted molar refractivity (Wildman–Crippen MR) is 83.7 cm³/mol. The molecule has 0 bridgehead atoms. The number of hydrogen-bond acceptors (Lipinski definition) is 1. The lowest BCUT2D eigenvalue weighted by Crippen LogP contribution is -2.46. The van der Waals surface area contributed by atoms with Crippen molar-refractivity contribution in [2.45, 2.75) is 58.3 Å². The number of fused-ring (bicyclic) bond motifs is 1. The fraction of sp³-hybridized carbons (Fsp3) is 0.667. The predicted octanol–water partition coefficient (Wildman–Crippen LogP) is 4.31. The molecule has 1 atom stereocenters. The molecule has 0 amide bonds. The molecule has 0 saturated carbocycles. The summed E-state index contributed by atoms with van der Waals surface area (Å²) in [5.41, 5.74) is 3.60. The summed E-state index contributed by atoms with van der Waals surface area (Å²) >= 11 is 0. The summed E-state index contributed by atoms with van der Waals surface area (Å²) in [5.74, 6) is 0.799. The van der Waals surface area contributed by atoms with Crippen molar-refractivity contribution in [2.24, 2.45) is 5.92 Å². The van der Waals surface area contributed by atoms with Gasteiger partial charge in [0.05, 0.1) is 0 Å². The minimum absolute atomic E-state index is 0.369. The van der Waals surface area contributed by atoms with Gasteiger partial charge in [-0.2, -0.15) is 0 Å². The first-order chi connectivity index (χ1) is 9.28. The second-order valence-electron chi connectivity index (χ2n) is 5.96. The SMILES string of the molecule is CCNCC1(C(CC)CC)CCCc2ccccc21. The van der Waals surface area contributed by atoms with Crippen molar-refractivity contribution >= 4 is 0 Å². The maximum absolute atomic E-state index is 3.65. The molecule has 0 fully saturated rings. The Balaban J connectivity index is 2.43. The minimum Gasteiger partial charge on any atom is -0.316 e. The number of benzene rings is 1. The van der Waals surface area contributed by atoms with Crippen LogP contribution in [-0.4, -0.2) is 13.1 Å². The molecule has 1 aliphatic carbocycles. The number of nitrogens with one attached hydrogen (secondary N) is 1. The van der Waals surface area contributed by atoms with Crippen molar-refractivity contribution in [2.75, 3.05) is 13.1 Å². The third-order valence-electron chi connectivity index (χ3n) is 5.08. The zero-order valence-electron chi connectivity index (χ0n) is 12.8. The molecule has 1 aliphatic rings. The lowest BCUT2D eigenvalue weighted by atomic mass is 9.61. The summed E-state index contributed by atoms with van der Waals surface area (Å²) in [5, 5.41) is 3.65. The molecule has 1 aromatic rings. The molecule has 0 aliphatic heterocycles. The van der Waals surface area contributed by atoms with Gasteiger partial charge in [-0.3, -0.25) is 0 Å². The van der Waals surface area contributed by atoms with Crippen molar-refractivity contribution in [1.82, 2.24) is 5.32 Å². The van der Waals surface area contributed by atoms with E-state index in [1.54, 1.807) is 11.1 Å². The van der Waals surface area contributed by atoms with Crippen molar-refractivity contribution < 1.29 is 0 Å². The fourth-order valence-electron chi connectivity index (χ4n) is 4.12. The van der Waals surface area contributed by atoms with Crippen LogP contribution in [0.3, 0.4) is 0 Å². The second-order valence-corrected chi connectivity index (χ2v) is 5.96. The molecule has 2 rings (SSSR count). The van der Waals surface area contributed by atoms with Gasteiger partial charge in [0.1, 0.15) is 0 Å². The maximum Gasteiger partial charge on any atom is 0.0109 e. The Morgan fingerprint density at radius 2 is 1.89 bits per heavy atom. The third-order valence-corrected chi connectivity index (χ3v) is 5.08. The van der Waals surface area contributed by atoms with E-state index in [2.05, 4.69) is 50.4 Å². The fourth-order valence-corrected chi connectivity index (χ4v) is 4.12. The monoisotopic (exact) mass is 259 g/mol. The van der Waals surface area contributed by atoms with Crippen LogP contribution in [0.15, 0.2) is 24.3 Å². The highest BCUT2D eigenvalue weighted by atomic mass is 14.9. The zero-order chi connectivity index (χ0) is 13.7. The van der Waals surface area contributed by atoms with Gasteiger partial charge in [-0.1, -0.05) is 57.9 Å². The molecule has 106 valence electrons. The molecule has 0 heterocycles. The molecule has 1 N–H and O–H groups in total. The largest absolute Gasteiger partial charge is 0.316 e. The van der Waals surface area contributed by atoms with E-state index in [9.17, 15) is 0 Å². The van der Waals surface area contributed by atoms with Gasteiger partial charge < -0.3 is 5.32 Å². The summed E-state index contributed by atoms with van der Waals surface area (Å²) in [6.45, 7) is 9.16. The lowest BCUT2D eigenvalue weighted by molar-refractivity contribution is 0.209. The van der Waals surface area contributed by atoms with Gasteiger partial charge in [-0.15, -0.1) is 0 Å². The molecular weight excluding hydrogens is 230 g/mol. The van der Waals surface area contributed by atoms with E-state index in [1.807, 2.05) is 0 Å². The first-order valence-corrected chi connectivity index (χ1v) is 8.07. The molecule has 1 unspecified atom stereocenters. The molecule has 1 nitrogen and oxygen atoms in total. The Kier molecular flexibility index (Phi) is 5.04. The average Bonchev–Trinajstić information content (AvgIpc) is 2.47. The lowest BCUT2D eigenvalue weighted by Gasteiger charge is -2.45. The number of aryl methyl sites for hydroxylation is 1. The molecule has 1 heteroatoms. The van der Waals surface area contributed by atoms with Crippen molar-refractivity contribution in [3.63, 3.8) is 0 Å². The maximum atomic E-state index is 3.65. The van der Waals surface area contributed by atoms with Crippen LogP contribution in [0.5, 0.6) is 0 Å². The van der Waals surface area contributed by atoms with Crippen molar-refractivity contribution in [1.29, 1.82) is 0 Å². The van der Waals surface area contributed by atoms with Crippen LogP contribution >= 0.6 is 0 Å². The summed E-state index contributed by atoms with van der Waals surface area (Å²) in [7, 11) is 0. The molecule has 19 heavy (non-hydrogen) atoms. The van der Waals surface area contributed by atoms with Crippen LogP contribution < -0.4 is 5.32 Å². The van der Waals surface area contributed by atoms with Gasteiger partial charge in [-0.25, -0.2) is 0 Å². The van der Waals surface area contributed by atoms with E-state index < -0.39 is 0 Å².